The third kappa shape index (κ3) is 4.28. The van der Waals surface area contributed by atoms with Gasteiger partial charge in [-0.1, -0.05) is 11.6 Å². The quantitative estimate of drug-likeness (QED) is 0.748. The van der Waals surface area contributed by atoms with Crippen molar-refractivity contribution in [3.63, 3.8) is 0 Å². The lowest BCUT2D eigenvalue weighted by molar-refractivity contribution is -0.139. The lowest BCUT2D eigenvalue weighted by Gasteiger charge is -2.36. The van der Waals surface area contributed by atoms with Crippen LogP contribution >= 0.6 is 11.6 Å². The number of likely N-dealkylation sites (tertiary alicyclic amines) is 1. The summed E-state index contributed by atoms with van der Waals surface area (Å²) in [5, 5.41) is 1.12. The van der Waals surface area contributed by atoms with Crippen LogP contribution in [-0.2, 0) is 4.79 Å². The molecular weight excluding hydrogens is 368 g/mol. The van der Waals surface area contributed by atoms with Gasteiger partial charge in [0.05, 0.1) is 5.02 Å². The average molecular weight is 393 g/mol. The first kappa shape index (κ1) is 19.7. The van der Waals surface area contributed by atoms with E-state index in [-0.39, 0.29) is 11.9 Å². The van der Waals surface area contributed by atoms with E-state index in [1.165, 1.54) is 6.07 Å². The van der Waals surface area contributed by atoms with E-state index in [1.54, 1.807) is 24.0 Å². The van der Waals surface area contributed by atoms with Gasteiger partial charge in [-0.3, -0.25) is 4.79 Å². The van der Waals surface area contributed by atoms with Crippen LogP contribution in [0.15, 0.2) is 27.4 Å². The summed E-state index contributed by atoms with van der Waals surface area (Å²) in [6.07, 6.45) is 1.21. The molecule has 0 saturated carbocycles. The lowest BCUT2D eigenvalue weighted by atomic mass is 10.0. The van der Waals surface area contributed by atoms with Crippen LogP contribution in [0.5, 0.6) is 5.75 Å². The largest absolute Gasteiger partial charge is 0.479 e. The molecule has 0 radical (unpaired) electrons. The summed E-state index contributed by atoms with van der Waals surface area (Å²) in [6, 6.07) is 4.91. The molecule has 0 aliphatic carbocycles. The maximum Gasteiger partial charge on any atom is 0.336 e. The maximum absolute atomic E-state index is 12.8. The molecule has 1 aromatic carbocycles. The Kier molecular flexibility index (Phi) is 5.77. The Balaban J connectivity index is 1.76. The van der Waals surface area contributed by atoms with Crippen molar-refractivity contribution in [1.82, 2.24) is 9.80 Å². The molecule has 1 aliphatic rings. The summed E-state index contributed by atoms with van der Waals surface area (Å²) >= 11 is 6.33. The van der Waals surface area contributed by atoms with E-state index in [9.17, 15) is 9.59 Å². The highest BCUT2D eigenvalue weighted by Gasteiger charge is 2.28. The number of rotatable bonds is 4. The lowest BCUT2D eigenvalue weighted by Crippen LogP contribution is -2.48. The number of carbonyl (C=O) groups is 1. The van der Waals surface area contributed by atoms with E-state index in [2.05, 4.69) is 11.9 Å². The number of piperidine rings is 1. The maximum atomic E-state index is 12.8. The fourth-order valence-corrected chi connectivity index (χ4v) is 3.71. The van der Waals surface area contributed by atoms with Gasteiger partial charge in [0, 0.05) is 30.6 Å². The SMILES string of the molecule is Cc1cc(=O)oc2cc(OC(C)C(=O)N(C)C3CCN(C)CC3)c(Cl)cc12. The van der Waals surface area contributed by atoms with Crippen molar-refractivity contribution in [2.24, 2.45) is 0 Å². The highest BCUT2D eigenvalue weighted by atomic mass is 35.5. The van der Waals surface area contributed by atoms with Gasteiger partial charge in [-0.25, -0.2) is 4.79 Å². The fraction of sp³-hybridized carbons (Fsp3) is 0.500. The van der Waals surface area contributed by atoms with Gasteiger partial charge >= 0.3 is 5.63 Å². The summed E-state index contributed by atoms with van der Waals surface area (Å²) < 4.78 is 11.1. The molecule has 1 saturated heterocycles. The number of likely N-dealkylation sites (N-methyl/N-ethyl adjacent to an activating group) is 1. The average Bonchev–Trinajstić information content (AvgIpc) is 2.62. The van der Waals surface area contributed by atoms with Crippen LogP contribution in [-0.4, -0.2) is 55.0 Å². The molecule has 0 bridgehead atoms. The van der Waals surface area contributed by atoms with E-state index in [1.807, 2.05) is 14.0 Å². The molecule has 27 heavy (non-hydrogen) atoms. The Morgan fingerprint density at radius 1 is 1.33 bits per heavy atom. The van der Waals surface area contributed by atoms with Crippen molar-refractivity contribution < 1.29 is 13.9 Å². The van der Waals surface area contributed by atoms with Crippen molar-refractivity contribution in [3.8, 4) is 5.75 Å². The minimum Gasteiger partial charge on any atom is -0.479 e. The van der Waals surface area contributed by atoms with Gasteiger partial charge in [-0.05, 0) is 58.5 Å². The second-order valence-electron chi connectivity index (χ2n) is 7.27. The number of aryl methyl sites for hydroxylation is 1. The molecule has 2 aromatic rings. The monoisotopic (exact) mass is 392 g/mol. The predicted octanol–water partition coefficient (Wildman–Crippen LogP) is 3.07. The van der Waals surface area contributed by atoms with Gasteiger partial charge < -0.3 is 19.0 Å². The zero-order valence-electron chi connectivity index (χ0n) is 16.1. The first-order valence-electron chi connectivity index (χ1n) is 9.12. The standard InChI is InChI=1S/C20H25ClN2O4/c1-12-9-19(24)27-17-11-18(16(21)10-15(12)17)26-13(2)20(25)23(4)14-5-7-22(3)8-6-14/h9-11,13-14H,5-8H2,1-4H3. The number of carbonyl (C=O) groups excluding carboxylic acids is 1. The normalized spacial score (nSPS) is 17.1. The van der Waals surface area contributed by atoms with E-state index in [0.29, 0.717) is 16.4 Å². The molecule has 7 heteroatoms. The highest BCUT2D eigenvalue weighted by molar-refractivity contribution is 6.32. The number of fused-ring (bicyclic) bond motifs is 1. The van der Waals surface area contributed by atoms with Gasteiger partial charge in [-0.2, -0.15) is 0 Å². The number of amides is 1. The van der Waals surface area contributed by atoms with Gasteiger partial charge in [0.15, 0.2) is 6.10 Å². The molecule has 146 valence electrons. The minimum atomic E-state index is -0.693. The first-order valence-corrected chi connectivity index (χ1v) is 9.50. The van der Waals surface area contributed by atoms with Gasteiger partial charge in [0.2, 0.25) is 0 Å². The van der Waals surface area contributed by atoms with Crippen LogP contribution in [0.1, 0.15) is 25.3 Å². The van der Waals surface area contributed by atoms with Crippen molar-refractivity contribution >= 4 is 28.5 Å². The number of halogens is 1. The predicted molar refractivity (Wildman–Crippen MR) is 106 cm³/mol. The third-order valence-electron chi connectivity index (χ3n) is 5.24. The van der Waals surface area contributed by atoms with Crippen LogP contribution in [0, 0.1) is 6.92 Å². The first-order chi connectivity index (χ1) is 12.8. The van der Waals surface area contributed by atoms with Gasteiger partial charge in [0.1, 0.15) is 11.3 Å². The molecule has 1 fully saturated rings. The van der Waals surface area contributed by atoms with E-state index < -0.39 is 11.7 Å². The molecule has 1 unspecified atom stereocenters. The van der Waals surface area contributed by atoms with Crippen LogP contribution in [0.25, 0.3) is 11.0 Å². The molecule has 2 heterocycles. The Morgan fingerprint density at radius 2 is 2.00 bits per heavy atom. The summed E-state index contributed by atoms with van der Waals surface area (Å²) in [4.78, 5) is 28.4. The Morgan fingerprint density at radius 3 is 2.67 bits per heavy atom. The second kappa shape index (κ2) is 7.90. The van der Waals surface area contributed by atoms with Crippen molar-refractivity contribution in [2.45, 2.75) is 38.8 Å². The molecule has 0 spiro atoms. The molecule has 1 atom stereocenters. The molecule has 0 N–H and O–H groups in total. The molecule has 1 aromatic heterocycles. The van der Waals surface area contributed by atoms with Crippen molar-refractivity contribution in [3.05, 3.63) is 39.2 Å². The van der Waals surface area contributed by atoms with Gasteiger partial charge in [0.25, 0.3) is 5.91 Å². The highest BCUT2D eigenvalue weighted by Crippen LogP contribution is 2.32. The smallest absolute Gasteiger partial charge is 0.336 e. The summed E-state index contributed by atoms with van der Waals surface area (Å²) in [6.45, 7) is 5.48. The van der Waals surface area contributed by atoms with Crippen LogP contribution in [0.2, 0.25) is 5.02 Å². The minimum absolute atomic E-state index is 0.0913. The topological polar surface area (TPSA) is 63.0 Å². The van der Waals surface area contributed by atoms with Crippen molar-refractivity contribution in [2.75, 3.05) is 27.2 Å². The molecule has 6 nitrogen and oxygen atoms in total. The second-order valence-corrected chi connectivity index (χ2v) is 7.68. The number of benzene rings is 1. The van der Waals surface area contributed by atoms with E-state index >= 15 is 0 Å². The van der Waals surface area contributed by atoms with E-state index in [0.717, 1.165) is 36.9 Å². The Labute approximate surface area is 163 Å². The van der Waals surface area contributed by atoms with E-state index in [4.69, 9.17) is 20.8 Å². The summed E-state index contributed by atoms with van der Waals surface area (Å²) in [7, 11) is 3.91. The molecule has 1 amide bonds. The van der Waals surface area contributed by atoms with Crippen molar-refractivity contribution in [1.29, 1.82) is 0 Å². The number of hydrogen-bond acceptors (Lipinski definition) is 5. The molecular formula is C20H25ClN2O4. The Bertz CT molecular complexity index is 903. The number of ether oxygens (including phenoxy) is 1. The summed E-state index contributed by atoms with van der Waals surface area (Å²) in [5.74, 6) is 0.238. The van der Waals surface area contributed by atoms with Crippen LogP contribution in [0.3, 0.4) is 0 Å². The molecule has 3 rings (SSSR count). The summed E-state index contributed by atoms with van der Waals surface area (Å²) in [5.41, 5.74) is 0.739. The number of hydrogen-bond donors (Lipinski definition) is 0. The third-order valence-corrected chi connectivity index (χ3v) is 5.53. The van der Waals surface area contributed by atoms with Crippen LogP contribution in [0.4, 0.5) is 0 Å². The van der Waals surface area contributed by atoms with Gasteiger partial charge in [-0.15, -0.1) is 0 Å². The Hall–Kier alpha value is -2.05. The zero-order valence-corrected chi connectivity index (χ0v) is 16.9. The molecule has 1 aliphatic heterocycles. The zero-order chi connectivity index (χ0) is 19.7. The fourth-order valence-electron chi connectivity index (χ4n) is 3.50. The van der Waals surface area contributed by atoms with Crippen LogP contribution < -0.4 is 10.4 Å². The number of nitrogens with zero attached hydrogens (tertiary/aromatic N) is 2.